The summed E-state index contributed by atoms with van der Waals surface area (Å²) in [5.41, 5.74) is -0.458. The van der Waals surface area contributed by atoms with Crippen LogP contribution in [-0.4, -0.2) is 10.7 Å². The van der Waals surface area contributed by atoms with Crippen LogP contribution in [0.2, 0.25) is 0 Å². The van der Waals surface area contributed by atoms with E-state index in [4.69, 9.17) is 5.11 Å². The summed E-state index contributed by atoms with van der Waals surface area (Å²) in [5.74, 6) is 0. The summed E-state index contributed by atoms with van der Waals surface area (Å²) in [6, 6.07) is 0. The second-order valence-corrected chi connectivity index (χ2v) is 2.17. The van der Waals surface area contributed by atoms with Crippen molar-refractivity contribution in [2.45, 2.75) is 32.8 Å². The van der Waals surface area contributed by atoms with Crippen molar-refractivity contribution in [1.29, 1.82) is 0 Å². The van der Waals surface area contributed by atoms with E-state index in [2.05, 4.69) is 0 Å². The Kier molecular flexibility index (Phi) is 6.05. The molecule has 1 N–H and O–H groups in total. The van der Waals surface area contributed by atoms with Crippen LogP contribution in [0.4, 0.5) is 0 Å². The van der Waals surface area contributed by atoms with Crippen molar-refractivity contribution in [1.82, 2.24) is 0 Å². The van der Waals surface area contributed by atoms with Crippen LogP contribution >= 0.6 is 0 Å². The molecule has 0 heterocycles. The molecule has 0 bridgehead atoms. The minimum atomic E-state index is -0.458. The molecule has 0 saturated carbocycles. The molecule has 0 aromatic rings. The molecule has 0 rings (SSSR count). The van der Waals surface area contributed by atoms with Crippen molar-refractivity contribution in [2.75, 3.05) is 0 Å². The fourth-order valence-electron chi connectivity index (χ4n) is 0. The average molecular weight is 111 g/mol. The summed E-state index contributed by atoms with van der Waals surface area (Å²) in [6.45, 7) is 5.56. The summed E-state index contributed by atoms with van der Waals surface area (Å²) in [7, 11) is 0. The number of hydrogen-bond acceptors (Lipinski definition) is 1. The van der Waals surface area contributed by atoms with Gasteiger partial charge < -0.3 is 5.11 Å². The first-order chi connectivity index (χ1) is 2.56. The molecule has 0 aromatic heterocycles. The zero-order chi connectivity index (χ0) is 5.21. The van der Waals surface area contributed by atoms with Crippen LogP contribution in [0.15, 0.2) is 0 Å². The van der Waals surface area contributed by atoms with E-state index in [1.54, 1.807) is 13.8 Å². The maximum Gasteiger partial charge on any atom is 1.00 e. The Bertz CT molecular complexity index is 37.8. The van der Waals surface area contributed by atoms with Crippen molar-refractivity contribution in [3.05, 3.63) is 0 Å². The molecule has 2 heteroatoms. The summed E-state index contributed by atoms with van der Waals surface area (Å²) < 4.78 is 0. The second kappa shape index (κ2) is 3.90. The molecule has 0 atom stereocenters. The van der Waals surface area contributed by atoms with Crippen LogP contribution in [0.1, 0.15) is 27.2 Å². The van der Waals surface area contributed by atoms with E-state index >= 15 is 0 Å². The van der Waals surface area contributed by atoms with Gasteiger partial charge in [-0.25, -0.2) is 0 Å². The monoisotopic (exact) mass is 111 g/mol. The molecule has 38 valence electrons. The van der Waals surface area contributed by atoms with Gasteiger partial charge in [0.15, 0.2) is 0 Å². The summed E-state index contributed by atoms with van der Waals surface area (Å²) in [5, 5.41) is 8.83. The van der Waals surface area contributed by atoms with E-state index in [0.29, 0.717) is 0 Å². The normalized spacial score (nSPS) is 10.3. The van der Waals surface area contributed by atoms with Gasteiger partial charge in [0.05, 0.1) is 5.60 Å². The van der Waals surface area contributed by atoms with Crippen LogP contribution in [0.25, 0.3) is 0 Å². The van der Waals surface area contributed by atoms with Crippen LogP contribution < -0.4 is 29.6 Å². The van der Waals surface area contributed by atoms with Gasteiger partial charge >= 0.3 is 29.6 Å². The molecular weight excluding hydrogens is 99.0 g/mol. The van der Waals surface area contributed by atoms with Crippen molar-refractivity contribution in [3.63, 3.8) is 0 Å². The molecule has 0 aliphatic carbocycles. The fourth-order valence-corrected chi connectivity index (χ4v) is 0. The number of aliphatic hydroxyl groups is 1. The molecular formula is C5H12NaO+. The quantitative estimate of drug-likeness (QED) is 0.395. The Labute approximate surface area is 67.4 Å². The van der Waals surface area contributed by atoms with Crippen molar-refractivity contribution in [3.8, 4) is 0 Å². The first-order valence-corrected chi connectivity index (χ1v) is 2.28. The second-order valence-electron chi connectivity index (χ2n) is 2.17. The molecule has 7 heavy (non-hydrogen) atoms. The molecule has 0 spiro atoms. The molecule has 0 aliphatic rings. The Morgan fingerprint density at radius 1 is 1.43 bits per heavy atom. The van der Waals surface area contributed by atoms with Gasteiger partial charge in [-0.1, -0.05) is 6.92 Å². The number of hydrogen-bond donors (Lipinski definition) is 1. The largest absolute Gasteiger partial charge is 1.00 e. The van der Waals surface area contributed by atoms with E-state index < -0.39 is 5.60 Å². The Hall–Kier alpha value is 0.960. The van der Waals surface area contributed by atoms with E-state index in [1.165, 1.54) is 0 Å². The van der Waals surface area contributed by atoms with Crippen molar-refractivity contribution in [2.24, 2.45) is 0 Å². The van der Waals surface area contributed by atoms with E-state index in [9.17, 15) is 0 Å². The van der Waals surface area contributed by atoms with Gasteiger partial charge in [0.25, 0.3) is 0 Å². The molecule has 0 aliphatic heterocycles. The van der Waals surface area contributed by atoms with E-state index in [0.717, 1.165) is 6.42 Å². The van der Waals surface area contributed by atoms with Crippen molar-refractivity contribution >= 4 is 0 Å². The summed E-state index contributed by atoms with van der Waals surface area (Å²) in [4.78, 5) is 0. The molecule has 1 nitrogen and oxygen atoms in total. The zero-order valence-corrected chi connectivity index (χ0v) is 7.65. The van der Waals surface area contributed by atoms with Crippen LogP contribution in [-0.2, 0) is 0 Å². The zero-order valence-electron chi connectivity index (χ0n) is 5.65. The molecule has 0 unspecified atom stereocenters. The maximum atomic E-state index is 8.83. The van der Waals surface area contributed by atoms with Crippen LogP contribution in [0.5, 0.6) is 0 Å². The van der Waals surface area contributed by atoms with Crippen LogP contribution in [0.3, 0.4) is 0 Å². The standard InChI is InChI=1S/C5H12O.Na/c1-4-5(2,3)6;/h6H,4H2,1-3H3;/q;+1. The minimum Gasteiger partial charge on any atom is -0.390 e. The first-order valence-electron chi connectivity index (χ1n) is 2.28. The topological polar surface area (TPSA) is 20.2 Å². The molecule has 0 amide bonds. The molecule has 0 fully saturated rings. The minimum absolute atomic E-state index is 0. The Morgan fingerprint density at radius 2 is 1.57 bits per heavy atom. The van der Waals surface area contributed by atoms with Gasteiger partial charge in [0.1, 0.15) is 0 Å². The third kappa shape index (κ3) is 10.9. The molecule has 0 radical (unpaired) electrons. The number of rotatable bonds is 1. The smallest absolute Gasteiger partial charge is 0.390 e. The summed E-state index contributed by atoms with van der Waals surface area (Å²) >= 11 is 0. The van der Waals surface area contributed by atoms with Gasteiger partial charge in [-0.05, 0) is 20.3 Å². The average Bonchev–Trinajstić information content (AvgIpc) is 1.35. The van der Waals surface area contributed by atoms with E-state index in [-0.39, 0.29) is 29.6 Å². The van der Waals surface area contributed by atoms with Crippen LogP contribution in [0, 0.1) is 0 Å². The Morgan fingerprint density at radius 3 is 1.57 bits per heavy atom. The Balaban J connectivity index is 0. The predicted molar refractivity (Wildman–Crippen MR) is 26.6 cm³/mol. The van der Waals surface area contributed by atoms with Crippen molar-refractivity contribution < 1.29 is 34.7 Å². The fraction of sp³-hybridized carbons (Fsp3) is 1.00. The first kappa shape index (κ1) is 10.9. The maximum absolute atomic E-state index is 8.83. The van der Waals surface area contributed by atoms with Gasteiger partial charge in [0, 0.05) is 0 Å². The SMILES string of the molecule is CCC(C)(C)O.[Na+]. The van der Waals surface area contributed by atoms with Gasteiger partial charge in [-0.3, -0.25) is 0 Å². The predicted octanol–water partition coefficient (Wildman–Crippen LogP) is -1.83. The van der Waals surface area contributed by atoms with Gasteiger partial charge in [-0.2, -0.15) is 0 Å². The van der Waals surface area contributed by atoms with Gasteiger partial charge in [-0.15, -0.1) is 0 Å². The van der Waals surface area contributed by atoms with E-state index in [1.807, 2.05) is 6.92 Å². The molecule has 0 saturated heterocycles. The third-order valence-electron chi connectivity index (χ3n) is 0.865. The van der Waals surface area contributed by atoms with Gasteiger partial charge in [0.2, 0.25) is 0 Å². The third-order valence-corrected chi connectivity index (χ3v) is 0.865. The summed E-state index contributed by atoms with van der Waals surface area (Å²) in [6.07, 6.45) is 0.826. The molecule has 0 aromatic carbocycles.